The number of aryl methyl sites for hydroxylation is 1. The van der Waals surface area contributed by atoms with E-state index in [4.69, 9.17) is 4.74 Å². The fraction of sp³-hybridized carbons (Fsp3) is 0.222. The zero-order chi connectivity index (χ0) is 14.9. The lowest BCUT2D eigenvalue weighted by molar-refractivity contribution is 0.126. The van der Waals surface area contributed by atoms with Gasteiger partial charge in [-0.1, -0.05) is 30.3 Å². The van der Waals surface area contributed by atoms with Gasteiger partial charge in [0.2, 0.25) is 0 Å². The molecule has 4 rings (SSSR count). The molecule has 1 unspecified atom stereocenters. The Hall–Kier alpha value is -2.30. The van der Waals surface area contributed by atoms with Crippen molar-refractivity contribution >= 4 is 10.9 Å². The Balaban J connectivity index is 1.59. The predicted molar refractivity (Wildman–Crippen MR) is 85.0 cm³/mol. The standard InChI is InChI=1S/C18H18N2O2/c21-19-16-8-9-20-17-7-6-15(10-14(17)11-18(16)20)22-12-13-4-2-1-3-5-13/h1-7,10-11,16,19,21H,8-9,12H2. The molecule has 2 aromatic carbocycles. The molecule has 0 saturated carbocycles. The first kappa shape index (κ1) is 13.4. The molecule has 112 valence electrons. The van der Waals surface area contributed by atoms with Crippen molar-refractivity contribution in [2.75, 3.05) is 0 Å². The summed E-state index contributed by atoms with van der Waals surface area (Å²) in [5.41, 5.74) is 5.88. The molecule has 4 heteroatoms. The van der Waals surface area contributed by atoms with Crippen LogP contribution in [-0.2, 0) is 13.2 Å². The van der Waals surface area contributed by atoms with Crippen LogP contribution in [0.3, 0.4) is 0 Å². The summed E-state index contributed by atoms with van der Waals surface area (Å²) >= 11 is 0. The van der Waals surface area contributed by atoms with Gasteiger partial charge < -0.3 is 14.5 Å². The van der Waals surface area contributed by atoms with E-state index < -0.39 is 0 Å². The van der Waals surface area contributed by atoms with E-state index in [0.29, 0.717) is 6.61 Å². The Morgan fingerprint density at radius 3 is 2.82 bits per heavy atom. The molecule has 0 spiro atoms. The van der Waals surface area contributed by atoms with Gasteiger partial charge in [0.05, 0.1) is 6.04 Å². The molecule has 0 aliphatic carbocycles. The van der Waals surface area contributed by atoms with Crippen molar-refractivity contribution in [2.24, 2.45) is 0 Å². The van der Waals surface area contributed by atoms with Crippen LogP contribution in [0.25, 0.3) is 10.9 Å². The molecule has 2 heterocycles. The predicted octanol–water partition coefficient (Wildman–Crippen LogP) is 3.64. The van der Waals surface area contributed by atoms with Gasteiger partial charge in [-0.3, -0.25) is 0 Å². The summed E-state index contributed by atoms with van der Waals surface area (Å²) in [4.78, 5) is 0. The summed E-state index contributed by atoms with van der Waals surface area (Å²) in [7, 11) is 0. The second-order valence-electron chi connectivity index (χ2n) is 5.69. The largest absolute Gasteiger partial charge is 0.489 e. The van der Waals surface area contributed by atoms with Gasteiger partial charge in [-0.15, -0.1) is 0 Å². The van der Waals surface area contributed by atoms with Crippen LogP contribution in [0.4, 0.5) is 0 Å². The lowest BCUT2D eigenvalue weighted by atomic mass is 10.1. The van der Waals surface area contributed by atoms with Crippen LogP contribution in [0, 0.1) is 0 Å². The third kappa shape index (κ3) is 2.26. The molecular formula is C18H18N2O2. The Kier molecular flexibility index (Phi) is 3.33. The number of hydrogen-bond donors (Lipinski definition) is 2. The quantitative estimate of drug-likeness (QED) is 0.722. The van der Waals surface area contributed by atoms with Crippen molar-refractivity contribution in [1.29, 1.82) is 0 Å². The van der Waals surface area contributed by atoms with Crippen LogP contribution in [0.2, 0.25) is 0 Å². The molecular weight excluding hydrogens is 276 g/mol. The molecule has 22 heavy (non-hydrogen) atoms. The molecule has 4 nitrogen and oxygen atoms in total. The molecule has 0 saturated heterocycles. The summed E-state index contributed by atoms with van der Waals surface area (Å²) in [6.45, 7) is 1.50. The van der Waals surface area contributed by atoms with Gasteiger partial charge in [0.1, 0.15) is 12.4 Å². The Morgan fingerprint density at radius 2 is 2.00 bits per heavy atom. The summed E-state index contributed by atoms with van der Waals surface area (Å²) < 4.78 is 8.13. The molecule has 0 fully saturated rings. The van der Waals surface area contributed by atoms with Crippen LogP contribution in [0.5, 0.6) is 5.75 Å². The van der Waals surface area contributed by atoms with Gasteiger partial charge in [-0.25, -0.2) is 0 Å². The van der Waals surface area contributed by atoms with Gasteiger partial charge in [0.25, 0.3) is 0 Å². The fourth-order valence-electron chi connectivity index (χ4n) is 3.18. The first-order chi connectivity index (χ1) is 10.8. The van der Waals surface area contributed by atoms with Crippen molar-refractivity contribution in [2.45, 2.75) is 25.6 Å². The second kappa shape index (κ2) is 5.48. The molecule has 0 radical (unpaired) electrons. The number of ether oxygens (including phenoxy) is 1. The molecule has 1 atom stereocenters. The molecule has 1 aromatic heterocycles. The number of hydrogen-bond acceptors (Lipinski definition) is 3. The maximum absolute atomic E-state index is 9.21. The highest BCUT2D eigenvalue weighted by atomic mass is 16.5. The van der Waals surface area contributed by atoms with E-state index in [1.807, 2.05) is 24.3 Å². The number of fused-ring (bicyclic) bond motifs is 3. The lowest BCUT2D eigenvalue weighted by Gasteiger charge is -2.07. The van der Waals surface area contributed by atoms with Crippen LogP contribution in [0.15, 0.2) is 54.6 Å². The smallest absolute Gasteiger partial charge is 0.120 e. The zero-order valence-corrected chi connectivity index (χ0v) is 12.2. The number of hydroxylamine groups is 1. The van der Waals surface area contributed by atoms with Crippen molar-refractivity contribution in [1.82, 2.24) is 10.0 Å². The first-order valence-electron chi connectivity index (χ1n) is 7.55. The Bertz CT molecular complexity index is 795. The molecule has 3 aromatic rings. The molecule has 1 aliphatic heterocycles. The van der Waals surface area contributed by atoms with Crippen molar-refractivity contribution in [3.63, 3.8) is 0 Å². The van der Waals surface area contributed by atoms with Gasteiger partial charge in [-0.2, -0.15) is 5.48 Å². The third-order valence-corrected chi connectivity index (χ3v) is 4.31. The van der Waals surface area contributed by atoms with E-state index in [0.717, 1.165) is 35.4 Å². The minimum atomic E-state index is 0.0288. The molecule has 1 aliphatic rings. The fourth-order valence-corrected chi connectivity index (χ4v) is 3.18. The van der Waals surface area contributed by atoms with Crippen LogP contribution in [0.1, 0.15) is 23.7 Å². The summed E-state index contributed by atoms with van der Waals surface area (Å²) in [5, 5.41) is 10.4. The Morgan fingerprint density at radius 1 is 1.14 bits per heavy atom. The lowest BCUT2D eigenvalue weighted by Crippen LogP contribution is -2.13. The number of aromatic nitrogens is 1. The number of rotatable bonds is 4. The van der Waals surface area contributed by atoms with Crippen LogP contribution < -0.4 is 10.2 Å². The average Bonchev–Trinajstić information content (AvgIpc) is 3.12. The maximum Gasteiger partial charge on any atom is 0.120 e. The number of nitrogens with one attached hydrogen (secondary N) is 1. The van der Waals surface area contributed by atoms with E-state index >= 15 is 0 Å². The summed E-state index contributed by atoms with van der Waals surface area (Å²) in [6, 6.07) is 18.5. The normalized spacial score (nSPS) is 16.9. The molecule has 2 N–H and O–H groups in total. The van der Waals surface area contributed by atoms with E-state index in [9.17, 15) is 5.21 Å². The van der Waals surface area contributed by atoms with E-state index in [2.05, 4.69) is 40.4 Å². The van der Waals surface area contributed by atoms with Gasteiger partial charge in [0, 0.05) is 23.1 Å². The number of benzene rings is 2. The van der Waals surface area contributed by atoms with Gasteiger partial charge in [0.15, 0.2) is 0 Å². The average molecular weight is 294 g/mol. The SMILES string of the molecule is ONC1CCn2c1cc1cc(OCc3ccccc3)ccc12. The van der Waals surface area contributed by atoms with Crippen molar-refractivity contribution in [3.8, 4) is 5.75 Å². The third-order valence-electron chi connectivity index (χ3n) is 4.31. The first-order valence-corrected chi connectivity index (χ1v) is 7.55. The minimum Gasteiger partial charge on any atom is -0.489 e. The van der Waals surface area contributed by atoms with Crippen LogP contribution in [-0.4, -0.2) is 9.77 Å². The molecule has 0 amide bonds. The second-order valence-corrected chi connectivity index (χ2v) is 5.69. The highest BCUT2D eigenvalue weighted by Crippen LogP contribution is 2.33. The topological polar surface area (TPSA) is 46.4 Å². The van der Waals surface area contributed by atoms with E-state index in [-0.39, 0.29) is 6.04 Å². The maximum atomic E-state index is 9.21. The monoisotopic (exact) mass is 294 g/mol. The molecule has 0 bridgehead atoms. The van der Waals surface area contributed by atoms with Crippen molar-refractivity contribution < 1.29 is 9.94 Å². The highest BCUT2D eigenvalue weighted by molar-refractivity contribution is 5.83. The van der Waals surface area contributed by atoms with Crippen molar-refractivity contribution in [3.05, 3.63) is 65.9 Å². The van der Waals surface area contributed by atoms with E-state index in [1.165, 1.54) is 5.52 Å². The van der Waals surface area contributed by atoms with E-state index in [1.54, 1.807) is 0 Å². The van der Waals surface area contributed by atoms with Gasteiger partial charge >= 0.3 is 0 Å². The number of nitrogens with zero attached hydrogens (tertiary/aromatic N) is 1. The minimum absolute atomic E-state index is 0.0288. The zero-order valence-electron chi connectivity index (χ0n) is 12.2. The highest BCUT2D eigenvalue weighted by Gasteiger charge is 2.24. The summed E-state index contributed by atoms with van der Waals surface area (Å²) in [5.74, 6) is 0.870. The van der Waals surface area contributed by atoms with Gasteiger partial charge in [-0.05, 0) is 36.2 Å². The summed E-state index contributed by atoms with van der Waals surface area (Å²) in [6.07, 6.45) is 0.925. The Labute approximate surface area is 128 Å². The van der Waals surface area contributed by atoms with Crippen LogP contribution >= 0.6 is 0 Å².